The van der Waals surface area contributed by atoms with Crippen LogP contribution in [0.1, 0.15) is 46.6 Å². The molecule has 0 bridgehead atoms. The van der Waals surface area contributed by atoms with Gasteiger partial charge in [0.1, 0.15) is 0 Å². The van der Waals surface area contributed by atoms with Crippen LogP contribution in [0.15, 0.2) is 60.7 Å². The Morgan fingerprint density at radius 3 is 2.54 bits per heavy atom. The van der Waals surface area contributed by atoms with Gasteiger partial charge in [-0.15, -0.1) is 0 Å². The summed E-state index contributed by atoms with van der Waals surface area (Å²) in [7, 11) is 0. The normalized spacial score (nSPS) is 16.8. The number of hydrogen-bond donors (Lipinski definition) is 1. The molecule has 0 saturated carbocycles. The van der Waals surface area contributed by atoms with E-state index in [0.717, 1.165) is 45.4 Å². The molecule has 3 heteroatoms. The third-order valence-electron chi connectivity index (χ3n) is 5.46. The molecule has 2 aliphatic rings. The van der Waals surface area contributed by atoms with E-state index in [1.165, 1.54) is 35.6 Å². The van der Waals surface area contributed by atoms with E-state index in [4.69, 9.17) is 0 Å². The number of likely N-dealkylation sites (tertiary alicyclic amines) is 1. The molecule has 0 radical (unpaired) electrons. The van der Waals surface area contributed by atoms with Crippen molar-refractivity contribution >= 4 is 5.91 Å². The van der Waals surface area contributed by atoms with Crippen LogP contribution in [-0.2, 0) is 11.2 Å². The van der Waals surface area contributed by atoms with Crippen LogP contribution in [0.4, 0.5) is 0 Å². The summed E-state index contributed by atoms with van der Waals surface area (Å²) in [6.07, 6.45) is 13.9. The zero-order valence-electron chi connectivity index (χ0n) is 17.6. The van der Waals surface area contributed by atoms with Crippen LogP contribution in [0.5, 0.6) is 0 Å². The summed E-state index contributed by atoms with van der Waals surface area (Å²) in [6, 6.07) is 8.66. The molecule has 1 saturated heterocycles. The largest absolute Gasteiger partial charge is 0.339 e. The van der Waals surface area contributed by atoms with Crippen molar-refractivity contribution < 1.29 is 7.65 Å². The zero-order valence-corrected chi connectivity index (χ0v) is 17.6. The lowest BCUT2D eigenvalue weighted by Gasteiger charge is -2.31. The zero-order chi connectivity index (χ0) is 20.2. The predicted molar refractivity (Wildman–Crippen MR) is 124 cm³/mol. The highest BCUT2D eigenvalue weighted by molar-refractivity contribution is 5.87. The molecule has 1 amide bonds. The van der Waals surface area contributed by atoms with E-state index in [1.807, 2.05) is 4.90 Å². The molecule has 0 atom stereocenters. The van der Waals surface area contributed by atoms with Crippen molar-refractivity contribution in [1.29, 1.82) is 0 Å². The number of allylic oxidation sites excluding steroid dienone is 2. The number of carbonyl (C=O) groups is 1. The van der Waals surface area contributed by atoms with E-state index in [0.29, 0.717) is 5.92 Å². The van der Waals surface area contributed by atoms with Gasteiger partial charge in [0.15, 0.2) is 0 Å². The maximum atomic E-state index is 11.5. The van der Waals surface area contributed by atoms with Gasteiger partial charge in [-0.2, -0.15) is 0 Å². The monoisotopic (exact) mass is 384 g/mol. The average molecular weight is 385 g/mol. The minimum Gasteiger partial charge on any atom is -0.339 e. The van der Waals surface area contributed by atoms with Gasteiger partial charge in [0.05, 0.1) is 0 Å². The van der Waals surface area contributed by atoms with Crippen molar-refractivity contribution in [2.24, 2.45) is 5.92 Å². The van der Waals surface area contributed by atoms with Gasteiger partial charge < -0.3 is 10.2 Å². The maximum Gasteiger partial charge on any atom is 0.245 e. The van der Waals surface area contributed by atoms with Gasteiger partial charge in [0.2, 0.25) is 5.91 Å². The highest BCUT2D eigenvalue weighted by Crippen LogP contribution is 2.17. The molecule has 1 heterocycles. The van der Waals surface area contributed by atoms with Gasteiger partial charge in [0, 0.05) is 22.5 Å². The van der Waals surface area contributed by atoms with Gasteiger partial charge >= 0.3 is 0 Å². The number of amides is 1. The summed E-state index contributed by atoms with van der Waals surface area (Å²) in [5, 5.41) is 3.54. The number of carbonyl (C=O) groups excluding carboxylic acids is 1. The van der Waals surface area contributed by atoms with E-state index in [-0.39, 0.29) is 8.76 Å². The Bertz CT molecular complexity index is 675. The van der Waals surface area contributed by atoms with Gasteiger partial charge in [0.25, 0.3) is 0 Å². The molecule has 28 heavy (non-hydrogen) atoms. The molecule has 3 rings (SSSR count). The Balaban J connectivity index is 0.000000652. The summed E-state index contributed by atoms with van der Waals surface area (Å²) in [6.45, 7) is 11.6. The average Bonchev–Trinajstić information content (AvgIpc) is 2.75. The SMILES string of the molecule is C=CC(=O)N1CCC(CNCC2=CCCC=C2)CC1.CCc1ccc(C)cc1.[HH].[HH]. The van der Waals surface area contributed by atoms with Crippen molar-refractivity contribution in [3.05, 3.63) is 71.8 Å². The second kappa shape index (κ2) is 12.4. The Hall–Kier alpha value is -2.13. The molecule has 1 aliphatic heterocycles. The molecular formula is C25H40N2O. The van der Waals surface area contributed by atoms with Gasteiger partial charge in [-0.1, -0.05) is 61.6 Å². The Labute approximate surface area is 174 Å². The van der Waals surface area contributed by atoms with Crippen LogP contribution < -0.4 is 5.32 Å². The molecule has 0 aromatic heterocycles. The van der Waals surface area contributed by atoms with E-state index in [9.17, 15) is 4.79 Å². The Kier molecular flexibility index (Phi) is 9.78. The number of rotatable bonds is 6. The third kappa shape index (κ3) is 7.85. The van der Waals surface area contributed by atoms with Crippen LogP contribution in [-0.4, -0.2) is 37.0 Å². The standard InChI is InChI=1S/C16H24N2O.C9H12.2H2/c1-2-16(19)18-10-8-15(9-11-18)13-17-12-14-6-4-3-5-7-14;1-3-9-6-4-8(2)5-7-9;;/h2,4,6-7,15,17H,1,3,5,8-13H2;4-7H,3H2,1-2H3;2*1H. The predicted octanol–water partition coefficient (Wildman–Crippen LogP) is 5.33. The molecule has 1 N–H and O–H groups in total. The summed E-state index contributed by atoms with van der Waals surface area (Å²) >= 11 is 0. The van der Waals surface area contributed by atoms with E-state index < -0.39 is 0 Å². The molecule has 1 aliphatic carbocycles. The molecule has 1 fully saturated rings. The first-order chi connectivity index (χ1) is 13.6. The fourth-order valence-electron chi connectivity index (χ4n) is 3.53. The van der Waals surface area contributed by atoms with Crippen LogP contribution in [0.25, 0.3) is 0 Å². The Morgan fingerprint density at radius 2 is 1.96 bits per heavy atom. The lowest BCUT2D eigenvalue weighted by Crippen LogP contribution is -2.40. The van der Waals surface area contributed by atoms with Gasteiger partial charge in [-0.25, -0.2) is 0 Å². The maximum absolute atomic E-state index is 11.5. The van der Waals surface area contributed by atoms with Crippen LogP contribution in [0.3, 0.4) is 0 Å². The second-order valence-corrected chi connectivity index (χ2v) is 7.70. The number of nitrogens with zero attached hydrogens (tertiary/aromatic N) is 1. The number of piperidine rings is 1. The quantitative estimate of drug-likeness (QED) is 0.673. The highest BCUT2D eigenvalue weighted by atomic mass is 16.2. The van der Waals surface area contributed by atoms with Crippen molar-refractivity contribution in [1.82, 2.24) is 10.2 Å². The number of aryl methyl sites for hydroxylation is 2. The number of hydrogen-bond acceptors (Lipinski definition) is 2. The fraction of sp³-hybridized carbons (Fsp3) is 0.480. The van der Waals surface area contributed by atoms with Gasteiger partial charge in [-0.05, 0) is 68.7 Å². The molecule has 3 nitrogen and oxygen atoms in total. The smallest absolute Gasteiger partial charge is 0.245 e. The topological polar surface area (TPSA) is 32.3 Å². The van der Waals surface area contributed by atoms with E-state index in [2.05, 4.69) is 68.2 Å². The first kappa shape index (κ1) is 22.2. The van der Waals surface area contributed by atoms with E-state index >= 15 is 0 Å². The van der Waals surface area contributed by atoms with Crippen molar-refractivity contribution in [2.75, 3.05) is 26.2 Å². The number of nitrogens with one attached hydrogen (secondary N) is 1. The van der Waals surface area contributed by atoms with Crippen molar-refractivity contribution in [3.8, 4) is 0 Å². The third-order valence-corrected chi connectivity index (χ3v) is 5.46. The lowest BCUT2D eigenvalue weighted by molar-refractivity contribution is -0.127. The fourth-order valence-corrected chi connectivity index (χ4v) is 3.53. The summed E-state index contributed by atoms with van der Waals surface area (Å²) < 4.78 is 0. The second-order valence-electron chi connectivity index (χ2n) is 7.70. The molecular weight excluding hydrogens is 344 g/mol. The first-order valence-corrected chi connectivity index (χ1v) is 10.7. The van der Waals surface area contributed by atoms with Crippen LogP contribution >= 0.6 is 0 Å². The highest BCUT2D eigenvalue weighted by Gasteiger charge is 2.20. The van der Waals surface area contributed by atoms with E-state index in [1.54, 1.807) is 0 Å². The van der Waals surface area contributed by atoms with Crippen LogP contribution in [0, 0.1) is 12.8 Å². The molecule has 1 aromatic carbocycles. The molecule has 156 valence electrons. The summed E-state index contributed by atoms with van der Waals surface area (Å²) in [4.78, 5) is 13.4. The van der Waals surface area contributed by atoms with Crippen LogP contribution in [0.2, 0.25) is 0 Å². The molecule has 0 unspecified atom stereocenters. The molecule has 0 spiro atoms. The van der Waals surface area contributed by atoms with Gasteiger partial charge in [-0.3, -0.25) is 4.79 Å². The number of benzene rings is 1. The molecule has 1 aromatic rings. The van der Waals surface area contributed by atoms with Crippen molar-refractivity contribution in [2.45, 2.75) is 46.0 Å². The minimum absolute atomic E-state index is 0. The minimum atomic E-state index is 0. The Morgan fingerprint density at radius 1 is 1.25 bits per heavy atom. The first-order valence-electron chi connectivity index (χ1n) is 10.7. The summed E-state index contributed by atoms with van der Waals surface area (Å²) in [5.41, 5.74) is 4.17. The van der Waals surface area contributed by atoms with Crippen molar-refractivity contribution in [3.63, 3.8) is 0 Å². The lowest BCUT2D eigenvalue weighted by atomic mass is 9.96. The summed E-state index contributed by atoms with van der Waals surface area (Å²) in [5.74, 6) is 0.769.